The van der Waals surface area contributed by atoms with Crippen molar-refractivity contribution in [3.63, 3.8) is 0 Å². The Morgan fingerprint density at radius 2 is 2.12 bits per heavy atom. The maximum atomic E-state index is 4.77. The van der Waals surface area contributed by atoms with Gasteiger partial charge in [0.1, 0.15) is 0 Å². The molecule has 2 unspecified atom stereocenters. The van der Waals surface area contributed by atoms with E-state index in [4.69, 9.17) is 4.98 Å². The SMILES string of the molecule is CN=C(NCCc1nc(C(C)(C)C)cs1)NC1CC(C)N(C2CC2)C1.I. The molecule has 7 heteroatoms. The molecule has 1 saturated carbocycles. The van der Waals surface area contributed by atoms with Crippen LogP contribution in [0.2, 0.25) is 0 Å². The van der Waals surface area contributed by atoms with Gasteiger partial charge in [-0.25, -0.2) is 4.98 Å². The Morgan fingerprint density at radius 3 is 2.69 bits per heavy atom. The largest absolute Gasteiger partial charge is 0.356 e. The van der Waals surface area contributed by atoms with Gasteiger partial charge in [0.05, 0.1) is 10.7 Å². The van der Waals surface area contributed by atoms with E-state index in [0.717, 1.165) is 31.5 Å². The maximum Gasteiger partial charge on any atom is 0.191 e. The molecule has 5 nitrogen and oxygen atoms in total. The predicted octanol–water partition coefficient (Wildman–Crippen LogP) is 3.39. The molecule has 1 aromatic heterocycles. The third-order valence-corrected chi connectivity index (χ3v) is 6.06. The third-order valence-electron chi connectivity index (χ3n) is 5.15. The highest BCUT2D eigenvalue weighted by atomic mass is 127. The summed E-state index contributed by atoms with van der Waals surface area (Å²) < 4.78 is 0. The van der Waals surface area contributed by atoms with Gasteiger partial charge in [0.25, 0.3) is 0 Å². The van der Waals surface area contributed by atoms with E-state index < -0.39 is 0 Å². The summed E-state index contributed by atoms with van der Waals surface area (Å²) in [5, 5.41) is 10.4. The van der Waals surface area contributed by atoms with E-state index in [1.165, 1.54) is 30.0 Å². The quantitative estimate of drug-likeness (QED) is 0.377. The van der Waals surface area contributed by atoms with Gasteiger partial charge in [0.15, 0.2) is 5.96 Å². The average Bonchev–Trinajstić information content (AvgIpc) is 3.15. The third kappa shape index (κ3) is 5.79. The molecule has 2 fully saturated rings. The molecule has 1 aliphatic carbocycles. The summed E-state index contributed by atoms with van der Waals surface area (Å²) in [6.45, 7) is 11.0. The van der Waals surface area contributed by atoms with Crippen molar-refractivity contribution in [2.45, 2.75) is 76.9 Å². The lowest BCUT2D eigenvalue weighted by molar-refractivity contribution is 0.256. The number of likely N-dealkylation sites (tertiary alicyclic amines) is 1. The van der Waals surface area contributed by atoms with Crippen LogP contribution in [0.15, 0.2) is 10.4 Å². The highest BCUT2D eigenvalue weighted by Crippen LogP contribution is 2.33. The fraction of sp³-hybridized carbons (Fsp3) is 0.789. The highest BCUT2D eigenvalue weighted by molar-refractivity contribution is 14.0. The summed E-state index contributed by atoms with van der Waals surface area (Å²) in [4.78, 5) is 11.8. The second-order valence-corrected chi connectivity index (χ2v) is 9.42. The van der Waals surface area contributed by atoms with Gasteiger partial charge in [-0.1, -0.05) is 20.8 Å². The number of aliphatic imine (C=N–C) groups is 1. The zero-order valence-corrected chi connectivity index (χ0v) is 19.9. The lowest BCUT2D eigenvalue weighted by Crippen LogP contribution is -2.45. The number of guanidine groups is 1. The zero-order chi connectivity index (χ0) is 18.0. The minimum Gasteiger partial charge on any atom is -0.356 e. The van der Waals surface area contributed by atoms with Gasteiger partial charge < -0.3 is 10.6 Å². The molecule has 2 aliphatic rings. The molecule has 2 heterocycles. The molecule has 1 aliphatic heterocycles. The van der Waals surface area contributed by atoms with Crippen LogP contribution in [0.4, 0.5) is 0 Å². The minimum atomic E-state index is 0. The number of rotatable bonds is 5. The maximum absolute atomic E-state index is 4.77. The second-order valence-electron chi connectivity index (χ2n) is 8.48. The van der Waals surface area contributed by atoms with E-state index >= 15 is 0 Å². The van der Waals surface area contributed by atoms with E-state index in [-0.39, 0.29) is 29.4 Å². The van der Waals surface area contributed by atoms with E-state index in [0.29, 0.717) is 12.1 Å². The molecular formula is C19H34IN5S. The standard InChI is InChI=1S/C19H33N5S.HI/c1-13-10-14(11-24(13)15-6-7-15)22-18(20-5)21-9-8-17-23-16(12-25-17)19(2,3)4;/h12-15H,6-11H2,1-5H3,(H2,20,21,22);1H. The molecule has 148 valence electrons. The van der Waals surface area contributed by atoms with Gasteiger partial charge >= 0.3 is 0 Å². The van der Waals surface area contributed by atoms with E-state index in [1.54, 1.807) is 11.3 Å². The molecule has 26 heavy (non-hydrogen) atoms. The Labute approximate surface area is 179 Å². The molecule has 0 aromatic carbocycles. The molecule has 0 radical (unpaired) electrons. The summed E-state index contributed by atoms with van der Waals surface area (Å²) in [6.07, 6.45) is 4.91. The van der Waals surface area contributed by atoms with Crippen molar-refractivity contribution >= 4 is 41.3 Å². The summed E-state index contributed by atoms with van der Waals surface area (Å²) in [6, 6.07) is 2.04. The van der Waals surface area contributed by atoms with Gasteiger partial charge in [0.2, 0.25) is 0 Å². The van der Waals surface area contributed by atoms with Crippen molar-refractivity contribution in [3.8, 4) is 0 Å². The van der Waals surface area contributed by atoms with Crippen molar-refractivity contribution in [3.05, 3.63) is 16.1 Å². The molecule has 3 rings (SSSR count). The fourth-order valence-electron chi connectivity index (χ4n) is 3.52. The predicted molar refractivity (Wildman–Crippen MR) is 122 cm³/mol. The van der Waals surface area contributed by atoms with Crippen molar-refractivity contribution in [1.82, 2.24) is 20.5 Å². The van der Waals surface area contributed by atoms with Crippen molar-refractivity contribution in [2.24, 2.45) is 4.99 Å². The number of hydrogen-bond acceptors (Lipinski definition) is 4. The molecule has 1 saturated heterocycles. The number of hydrogen-bond donors (Lipinski definition) is 2. The molecule has 1 aromatic rings. The summed E-state index contributed by atoms with van der Waals surface area (Å²) in [7, 11) is 1.85. The second kappa shape index (κ2) is 9.19. The molecule has 0 amide bonds. The fourth-order valence-corrected chi connectivity index (χ4v) is 4.55. The van der Waals surface area contributed by atoms with Gasteiger partial charge in [-0.15, -0.1) is 35.3 Å². The van der Waals surface area contributed by atoms with Crippen LogP contribution in [0, 0.1) is 0 Å². The minimum absolute atomic E-state index is 0. The average molecular weight is 491 g/mol. The molecular weight excluding hydrogens is 457 g/mol. The van der Waals surface area contributed by atoms with Gasteiger partial charge in [-0.2, -0.15) is 0 Å². The Kier molecular flexibility index (Phi) is 7.73. The van der Waals surface area contributed by atoms with E-state index in [1.807, 2.05) is 7.05 Å². The summed E-state index contributed by atoms with van der Waals surface area (Å²) >= 11 is 1.76. The number of nitrogens with zero attached hydrogens (tertiary/aromatic N) is 3. The summed E-state index contributed by atoms with van der Waals surface area (Å²) in [5.74, 6) is 0.919. The Balaban J connectivity index is 0.00000243. The van der Waals surface area contributed by atoms with Gasteiger partial charge in [0, 0.05) is 55.5 Å². The number of aromatic nitrogens is 1. The monoisotopic (exact) mass is 491 g/mol. The molecule has 2 atom stereocenters. The van der Waals surface area contributed by atoms with Crippen molar-refractivity contribution < 1.29 is 0 Å². The van der Waals surface area contributed by atoms with Crippen LogP contribution in [0.25, 0.3) is 0 Å². The van der Waals surface area contributed by atoms with Crippen LogP contribution in [0.5, 0.6) is 0 Å². The Morgan fingerprint density at radius 1 is 1.38 bits per heavy atom. The first-order chi connectivity index (χ1) is 11.9. The molecule has 0 spiro atoms. The first-order valence-electron chi connectivity index (χ1n) is 9.54. The van der Waals surface area contributed by atoms with Crippen LogP contribution < -0.4 is 10.6 Å². The van der Waals surface area contributed by atoms with Crippen LogP contribution in [0.1, 0.15) is 57.7 Å². The van der Waals surface area contributed by atoms with Crippen molar-refractivity contribution in [2.75, 3.05) is 20.1 Å². The normalized spacial score (nSPS) is 24.4. The number of nitrogens with one attached hydrogen (secondary N) is 2. The number of halogens is 1. The van der Waals surface area contributed by atoms with Gasteiger partial charge in [-0.3, -0.25) is 9.89 Å². The summed E-state index contributed by atoms with van der Waals surface area (Å²) in [5.41, 5.74) is 1.32. The van der Waals surface area contributed by atoms with Crippen LogP contribution >= 0.6 is 35.3 Å². The first-order valence-corrected chi connectivity index (χ1v) is 10.4. The van der Waals surface area contributed by atoms with Crippen LogP contribution in [-0.4, -0.2) is 54.1 Å². The lowest BCUT2D eigenvalue weighted by Gasteiger charge is -2.20. The molecule has 0 bridgehead atoms. The van der Waals surface area contributed by atoms with E-state index in [9.17, 15) is 0 Å². The molecule has 2 N–H and O–H groups in total. The Hall–Kier alpha value is -0.410. The van der Waals surface area contributed by atoms with Gasteiger partial charge in [-0.05, 0) is 26.2 Å². The van der Waals surface area contributed by atoms with Crippen molar-refractivity contribution in [1.29, 1.82) is 0 Å². The smallest absolute Gasteiger partial charge is 0.191 e. The number of thiazole rings is 1. The van der Waals surface area contributed by atoms with Crippen LogP contribution in [-0.2, 0) is 11.8 Å². The van der Waals surface area contributed by atoms with Crippen LogP contribution in [0.3, 0.4) is 0 Å². The zero-order valence-electron chi connectivity index (χ0n) is 16.7. The Bertz CT molecular complexity index is 605. The topological polar surface area (TPSA) is 52.6 Å². The highest BCUT2D eigenvalue weighted by Gasteiger charge is 2.38. The van der Waals surface area contributed by atoms with E-state index in [2.05, 4.69) is 53.6 Å². The lowest BCUT2D eigenvalue weighted by atomic mass is 9.93. The first kappa shape index (κ1) is 21.9.